The maximum absolute atomic E-state index is 12.1. The molecule has 1 aromatic carbocycles. The lowest BCUT2D eigenvalue weighted by Crippen LogP contribution is -2.31. The van der Waals surface area contributed by atoms with Gasteiger partial charge in [0.2, 0.25) is 10.0 Å². The standard InChI is InChI=1S/C12H14ClNO5S/c13-11-4-3-9(6-10(11)12(15)16)20(17,18)14-7-8-2-1-5-19-8/h3-4,6,8,14H,1-2,5,7H2,(H,15,16)/t8-/m0/s1. The molecule has 0 aliphatic carbocycles. The van der Waals surface area contributed by atoms with Crippen LogP contribution in [0, 0.1) is 0 Å². The summed E-state index contributed by atoms with van der Waals surface area (Å²) < 4.78 is 31.9. The molecule has 6 nitrogen and oxygen atoms in total. The van der Waals surface area contributed by atoms with Crippen LogP contribution in [0.5, 0.6) is 0 Å². The highest BCUT2D eigenvalue weighted by Gasteiger charge is 2.21. The molecule has 0 radical (unpaired) electrons. The molecule has 0 aromatic heterocycles. The second-order valence-corrected chi connectivity index (χ2v) is 6.61. The van der Waals surface area contributed by atoms with Crippen LogP contribution in [0.25, 0.3) is 0 Å². The Labute approximate surface area is 121 Å². The van der Waals surface area contributed by atoms with Crippen molar-refractivity contribution in [3.63, 3.8) is 0 Å². The smallest absolute Gasteiger partial charge is 0.337 e. The number of carboxylic acids is 1. The fourth-order valence-corrected chi connectivity index (χ4v) is 3.22. The maximum atomic E-state index is 12.1. The van der Waals surface area contributed by atoms with Crippen LogP contribution in [0.15, 0.2) is 23.1 Å². The van der Waals surface area contributed by atoms with E-state index < -0.39 is 16.0 Å². The van der Waals surface area contributed by atoms with E-state index >= 15 is 0 Å². The molecule has 2 rings (SSSR count). The molecule has 1 aliphatic heterocycles. The molecule has 0 unspecified atom stereocenters. The van der Waals surface area contributed by atoms with Crippen molar-refractivity contribution in [3.05, 3.63) is 28.8 Å². The van der Waals surface area contributed by atoms with E-state index in [1.165, 1.54) is 12.1 Å². The van der Waals surface area contributed by atoms with Gasteiger partial charge in [-0.15, -0.1) is 0 Å². The third kappa shape index (κ3) is 3.49. The fraction of sp³-hybridized carbons (Fsp3) is 0.417. The van der Waals surface area contributed by atoms with Gasteiger partial charge in [0.1, 0.15) is 0 Å². The zero-order chi connectivity index (χ0) is 14.8. The Kier molecular flexibility index (Phi) is 4.64. The van der Waals surface area contributed by atoms with E-state index in [4.69, 9.17) is 21.4 Å². The Morgan fingerprint density at radius 2 is 2.25 bits per heavy atom. The quantitative estimate of drug-likeness (QED) is 0.858. The number of carbonyl (C=O) groups is 1. The van der Waals surface area contributed by atoms with Gasteiger partial charge in [-0.25, -0.2) is 17.9 Å². The van der Waals surface area contributed by atoms with Crippen molar-refractivity contribution in [2.75, 3.05) is 13.2 Å². The van der Waals surface area contributed by atoms with Gasteiger partial charge in [-0.1, -0.05) is 11.6 Å². The summed E-state index contributed by atoms with van der Waals surface area (Å²) in [4.78, 5) is 10.8. The number of sulfonamides is 1. The van der Waals surface area contributed by atoms with Crippen LogP contribution in [0.3, 0.4) is 0 Å². The minimum Gasteiger partial charge on any atom is -0.478 e. The van der Waals surface area contributed by atoms with Crippen molar-refractivity contribution >= 4 is 27.6 Å². The molecule has 2 N–H and O–H groups in total. The Morgan fingerprint density at radius 1 is 1.50 bits per heavy atom. The van der Waals surface area contributed by atoms with Crippen LogP contribution in [-0.2, 0) is 14.8 Å². The largest absolute Gasteiger partial charge is 0.478 e. The predicted molar refractivity (Wildman–Crippen MR) is 72.6 cm³/mol. The van der Waals surface area contributed by atoms with Crippen molar-refractivity contribution in [1.82, 2.24) is 4.72 Å². The highest BCUT2D eigenvalue weighted by molar-refractivity contribution is 7.89. The van der Waals surface area contributed by atoms with Gasteiger partial charge in [0.15, 0.2) is 0 Å². The van der Waals surface area contributed by atoms with Gasteiger partial charge in [-0.3, -0.25) is 0 Å². The van der Waals surface area contributed by atoms with Crippen LogP contribution in [-0.4, -0.2) is 38.7 Å². The lowest BCUT2D eigenvalue weighted by Gasteiger charge is -2.12. The average Bonchev–Trinajstić information content (AvgIpc) is 2.89. The molecule has 110 valence electrons. The van der Waals surface area contributed by atoms with Gasteiger partial charge in [0.05, 0.1) is 21.6 Å². The molecule has 8 heteroatoms. The molecule has 0 saturated carbocycles. The Hall–Kier alpha value is -1.15. The molecular formula is C12H14ClNO5S. The van der Waals surface area contributed by atoms with Crippen molar-refractivity contribution in [3.8, 4) is 0 Å². The van der Waals surface area contributed by atoms with E-state index in [0.717, 1.165) is 18.9 Å². The predicted octanol–water partition coefficient (Wildman–Crippen LogP) is 1.50. The number of halogens is 1. The van der Waals surface area contributed by atoms with E-state index in [-0.39, 0.29) is 28.1 Å². The van der Waals surface area contributed by atoms with Crippen molar-refractivity contribution in [2.45, 2.75) is 23.8 Å². The molecular weight excluding hydrogens is 306 g/mol. The first-order valence-electron chi connectivity index (χ1n) is 6.04. The average molecular weight is 320 g/mol. The normalized spacial score (nSPS) is 19.1. The number of aromatic carboxylic acids is 1. The van der Waals surface area contributed by atoms with Crippen molar-refractivity contribution < 1.29 is 23.1 Å². The SMILES string of the molecule is O=C(O)c1cc(S(=O)(=O)NC[C@@H]2CCCO2)ccc1Cl. The van der Waals surface area contributed by atoms with Crippen molar-refractivity contribution in [1.29, 1.82) is 0 Å². The number of ether oxygens (including phenoxy) is 1. The summed E-state index contributed by atoms with van der Waals surface area (Å²) in [5.41, 5.74) is -0.244. The topological polar surface area (TPSA) is 92.7 Å². The summed E-state index contributed by atoms with van der Waals surface area (Å²) in [7, 11) is -3.77. The monoisotopic (exact) mass is 319 g/mol. The lowest BCUT2D eigenvalue weighted by molar-refractivity contribution is 0.0697. The molecule has 1 heterocycles. The van der Waals surface area contributed by atoms with E-state index in [2.05, 4.69) is 4.72 Å². The molecule has 1 saturated heterocycles. The third-order valence-corrected chi connectivity index (χ3v) is 4.75. The zero-order valence-electron chi connectivity index (χ0n) is 10.5. The molecule has 0 spiro atoms. The van der Waals surface area contributed by atoms with Gasteiger partial charge >= 0.3 is 5.97 Å². The number of carboxylic acid groups (broad SMARTS) is 1. The number of benzene rings is 1. The van der Waals surface area contributed by atoms with Gasteiger partial charge in [-0.2, -0.15) is 0 Å². The minimum atomic E-state index is -3.77. The van der Waals surface area contributed by atoms with Gasteiger partial charge in [0.25, 0.3) is 0 Å². The first-order valence-corrected chi connectivity index (χ1v) is 7.90. The molecule has 1 aliphatic rings. The van der Waals surface area contributed by atoms with Gasteiger partial charge in [-0.05, 0) is 31.0 Å². The second kappa shape index (κ2) is 6.09. The summed E-state index contributed by atoms with van der Waals surface area (Å²) >= 11 is 5.71. The molecule has 1 aromatic rings. The zero-order valence-corrected chi connectivity index (χ0v) is 12.1. The molecule has 20 heavy (non-hydrogen) atoms. The first kappa shape index (κ1) is 15.2. The Morgan fingerprint density at radius 3 is 2.85 bits per heavy atom. The van der Waals surface area contributed by atoms with Crippen LogP contribution in [0.4, 0.5) is 0 Å². The molecule has 0 bridgehead atoms. The number of hydrogen-bond acceptors (Lipinski definition) is 4. The van der Waals surface area contributed by atoms with Crippen LogP contribution in [0.2, 0.25) is 5.02 Å². The summed E-state index contributed by atoms with van der Waals surface area (Å²) in [5.74, 6) is -1.27. The van der Waals surface area contributed by atoms with Gasteiger partial charge in [0, 0.05) is 13.2 Å². The van der Waals surface area contributed by atoms with Crippen LogP contribution in [0.1, 0.15) is 23.2 Å². The fourth-order valence-electron chi connectivity index (χ4n) is 1.93. The highest BCUT2D eigenvalue weighted by Crippen LogP contribution is 2.21. The summed E-state index contributed by atoms with van der Waals surface area (Å²) in [6, 6.07) is 3.57. The second-order valence-electron chi connectivity index (χ2n) is 4.43. The summed E-state index contributed by atoms with van der Waals surface area (Å²) in [6.45, 7) is 0.809. The van der Waals surface area contributed by atoms with E-state index in [9.17, 15) is 13.2 Å². The molecule has 1 fully saturated rings. The van der Waals surface area contributed by atoms with Crippen LogP contribution >= 0.6 is 11.6 Å². The highest BCUT2D eigenvalue weighted by atomic mass is 35.5. The van der Waals surface area contributed by atoms with E-state index in [1.54, 1.807) is 0 Å². The minimum absolute atomic E-state index is 0.00410. The number of nitrogens with one attached hydrogen (secondary N) is 1. The molecule has 0 amide bonds. The summed E-state index contributed by atoms with van der Waals surface area (Å²) in [6.07, 6.45) is 1.59. The molecule has 1 atom stereocenters. The third-order valence-electron chi connectivity index (χ3n) is 3.00. The first-order chi connectivity index (χ1) is 9.40. The Bertz CT molecular complexity index is 610. The van der Waals surface area contributed by atoms with Crippen LogP contribution < -0.4 is 4.72 Å². The van der Waals surface area contributed by atoms with E-state index in [0.29, 0.717) is 6.61 Å². The summed E-state index contributed by atoms with van der Waals surface area (Å²) in [5, 5.41) is 8.93. The lowest BCUT2D eigenvalue weighted by atomic mass is 10.2. The van der Waals surface area contributed by atoms with Gasteiger partial charge < -0.3 is 9.84 Å². The number of rotatable bonds is 5. The van der Waals surface area contributed by atoms with E-state index in [1.807, 2.05) is 0 Å². The maximum Gasteiger partial charge on any atom is 0.337 e. The number of hydrogen-bond donors (Lipinski definition) is 2. The van der Waals surface area contributed by atoms with Crippen molar-refractivity contribution in [2.24, 2.45) is 0 Å². The Balaban J connectivity index is 2.16.